The molecule has 4 saturated carbocycles. The molecule has 4 aliphatic heterocycles. The van der Waals surface area contributed by atoms with Crippen molar-refractivity contribution >= 4 is 108 Å². The molecule has 8 aromatic rings. The van der Waals surface area contributed by atoms with Crippen molar-refractivity contribution in [1.82, 2.24) is 0 Å². The Bertz CT molecular complexity index is 4230. The number of para-hydroxylation sites is 2. The Balaban J connectivity index is 0.933. The Labute approximate surface area is 524 Å². The molecular weight excluding hydrogens is 1070 g/mol. The van der Waals surface area contributed by atoms with E-state index < -0.39 is 0 Å². The third-order valence-electron chi connectivity index (χ3n) is 24.0. The maximum atomic E-state index is 7.74. The number of hydrogen-bond acceptors (Lipinski definition) is 5. The number of anilines is 9. The lowest BCUT2D eigenvalue weighted by molar-refractivity contribution is -0.00345. The molecular formula is C80H87B2N3OS. The molecule has 0 N–H and O–H groups in total. The molecule has 1 aromatic heterocycles. The maximum absolute atomic E-state index is 7.74. The molecule has 440 valence electrons. The van der Waals surface area contributed by atoms with Gasteiger partial charge in [0.1, 0.15) is 11.5 Å². The summed E-state index contributed by atoms with van der Waals surface area (Å²) in [4.78, 5) is 9.69. The Kier molecular flexibility index (Phi) is 11.3. The van der Waals surface area contributed by atoms with E-state index >= 15 is 0 Å². The lowest BCUT2D eigenvalue weighted by Crippen LogP contribution is -2.64. The first-order valence-electron chi connectivity index (χ1n) is 33.5. The molecule has 87 heavy (non-hydrogen) atoms. The quantitative estimate of drug-likeness (QED) is 0.164. The van der Waals surface area contributed by atoms with Crippen LogP contribution in [-0.2, 0) is 37.9 Å². The van der Waals surface area contributed by atoms with Crippen LogP contribution in [0.4, 0.5) is 51.2 Å². The average molecular weight is 1160 g/mol. The highest BCUT2D eigenvalue weighted by Gasteiger charge is 2.55. The van der Waals surface area contributed by atoms with Gasteiger partial charge in [-0.15, -0.1) is 0 Å². The summed E-state index contributed by atoms with van der Waals surface area (Å²) in [5.41, 5.74) is 27.0. The summed E-state index contributed by atoms with van der Waals surface area (Å²) in [5.74, 6) is 4.48. The second kappa shape index (κ2) is 17.9. The van der Waals surface area contributed by atoms with E-state index in [4.69, 9.17) is 4.74 Å². The van der Waals surface area contributed by atoms with Crippen LogP contribution in [0.3, 0.4) is 0 Å². The highest BCUT2D eigenvalue weighted by atomic mass is 32.1. The number of thiophene rings is 1. The highest BCUT2D eigenvalue weighted by molar-refractivity contribution is 7.29. The largest absolute Gasteiger partial charge is 0.458 e. The summed E-state index contributed by atoms with van der Waals surface area (Å²) in [6.45, 7) is 34.0. The first kappa shape index (κ1) is 54.7. The Morgan fingerprint density at radius 1 is 0.414 bits per heavy atom. The Morgan fingerprint density at radius 2 is 0.908 bits per heavy atom. The maximum Gasteiger partial charge on any atom is 0.264 e. The lowest BCUT2D eigenvalue weighted by atomic mass is 9.31. The summed E-state index contributed by atoms with van der Waals surface area (Å²) in [5, 5.41) is 0. The Morgan fingerprint density at radius 3 is 1.47 bits per heavy atom. The molecule has 6 aliphatic carbocycles. The number of rotatable bonds is 4. The van der Waals surface area contributed by atoms with Crippen LogP contribution >= 0.6 is 11.3 Å². The zero-order valence-electron chi connectivity index (χ0n) is 54.3. The van der Waals surface area contributed by atoms with Gasteiger partial charge in [-0.2, -0.15) is 11.3 Å². The fourth-order valence-corrected chi connectivity index (χ4v) is 20.8. The van der Waals surface area contributed by atoms with Gasteiger partial charge in [-0.1, -0.05) is 152 Å². The van der Waals surface area contributed by atoms with Crippen molar-refractivity contribution in [2.24, 2.45) is 17.8 Å². The first-order valence-corrected chi connectivity index (χ1v) is 34.3. The molecule has 0 radical (unpaired) electrons. The van der Waals surface area contributed by atoms with E-state index in [0.717, 1.165) is 29.3 Å². The molecule has 7 heteroatoms. The topological polar surface area (TPSA) is 19.0 Å². The molecule has 4 nitrogen and oxygen atoms in total. The highest BCUT2D eigenvalue weighted by Crippen LogP contribution is 2.63. The second-order valence-electron chi connectivity index (χ2n) is 33.7. The minimum atomic E-state index is -0.129. The van der Waals surface area contributed by atoms with Gasteiger partial charge in [0.15, 0.2) is 0 Å². The SMILES string of the molecule is CC(C)(C)c1cc2c3c(c1)N(c1ccc4c(c1)C(C)(C)CCC4(C)C)c1ccccc1B3c1cc3c(cc1O2)N(c1ccccc1)c1cc(C(C)(C)C)cc2c1B3c1sc(C34CC5CC(CC(C5)C3)C4)cc1N2c1ccc2c(c1)C(C)(C)CCC2(C)C. The van der Waals surface area contributed by atoms with Gasteiger partial charge < -0.3 is 19.4 Å². The standard InChI is InChI=1S/C80H87B2N3OS/c1-74(2,3)50-35-64-71-65(36-50)85(54-25-27-56-58(40-54)79(13,14)31-29-77(56,9)10)67-43-70(80-44-47-32-48(45-80)34-49(33-47)46-80)87-73(67)82(71)60-41-61-68(42-63(60)83(64)52-20-16-15-17-21-52)86-69-38-51(75(4,5)6)37-66-72(69)81(61)59-22-18-19-23-62(59)84(66)53-24-26-55-57(39-53)78(11,12)30-28-76(55,7)8/h15-27,35-43,47-49H,28-34,44-46H2,1-14H3. The third-order valence-corrected chi connectivity index (χ3v) is 25.5. The predicted octanol–water partition coefficient (Wildman–Crippen LogP) is 18.0. The fourth-order valence-electron chi connectivity index (χ4n) is 19.3. The summed E-state index contributed by atoms with van der Waals surface area (Å²) in [6, 6.07) is 53.9. The van der Waals surface area contributed by atoms with Gasteiger partial charge in [-0.3, -0.25) is 0 Å². The number of ether oxygens (including phenoxy) is 1. The lowest BCUT2D eigenvalue weighted by Gasteiger charge is -2.56. The fraction of sp³-hybridized carbons (Fsp3) is 0.425. The monoisotopic (exact) mass is 1160 g/mol. The van der Waals surface area contributed by atoms with Crippen LogP contribution < -0.4 is 51.5 Å². The van der Waals surface area contributed by atoms with Crippen molar-refractivity contribution in [3.8, 4) is 11.5 Å². The smallest absolute Gasteiger partial charge is 0.264 e. The van der Waals surface area contributed by atoms with Gasteiger partial charge in [-0.05, 0) is 248 Å². The molecule has 0 spiro atoms. The zero-order valence-corrected chi connectivity index (χ0v) is 55.1. The van der Waals surface area contributed by atoms with Crippen LogP contribution in [0.1, 0.15) is 199 Å². The van der Waals surface area contributed by atoms with Gasteiger partial charge in [0.05, 0.1) is 5.69 Å². The number of nitrogens with zero attached hydrogens (tertiary/aromatic N) is 3. The number of fused-ring (bicyclic) bond motifs is 10. The van der Waals surface area contributed by atoms with E-state index in [2.05, 4.69) is 256 Å². The van der Waals surface area contributed by atoms with Crippen LogP contribution in [0.25, 0.3) is 0 Å². The van der Waals surface area contributed by atoms with Crippen LogP contribution in [0.5, 0.6) is 11.5 Å². The van der Waals surface area contributed by atoms with Crippen molar-refractivity contribution in [3.63, 3.8) is 0 Å². The van der Waals surface area contributed by atoms with Crippen LogP contribution in [0.2, 0.25) is 0 Å². The van der Waals surface area contributed by atoms with Gasteiger partial charge in [0.25, 0.3) is 13.4 Å². The van der Waals surface area contributed by atoms with Crippen molar-refractivity contribution < 1.29 is 4.74 Å². The number of hydrogen-bond donors (Lipinski definition) is 0. The summed E-state index contributed by atoms with van der Waals surface area (Å²) in [7, 11) is 0. The summed E-state index contributed by atoms with van der Waals surface area (Å²) in [6.07, 6.45) is 13.1. The van der Waals surface area contributed by atoms with Gasteiger partial charge >= 0.3 is 0 Å². The summed E-state index contributed by atoms with van der Waals surface area (Å²) < 4.78 is 9.24. The normalized spacial score (nSPS) is 24.0. The van der Waals surface area contributed by atoms with E-state index in [-0.39, 0.29) is 51.3 Å². The van der Waals surface area contributed by atoms with Crippen LogP contribution in [-0.4, -0.2) is 13.4 Å². The van der Waals surface area contributed by atoms with E-state index in [1.54, 1.807) is 4.88 Å². The van der Waals surface area contributed by atoms with Gasteiger partial charge in [-0.25, -0.2) is 0 Å². The minimum absolute atomic E-state index is 0.00115. The van der Waals surface area contributed by atoms with E-state index in [1.165, 1.54) is 181 Å². The molecule has 7 aromatic carbocycles. The van der Waals surface area contributed by atoms with E-state index in [0.29, 0.717) is 0 Å². The zero-order chi connectivity index (χ0) is 60.0. The van der Waals surface area contributed by atoms with E-state index in [1.807, 2.05) is 0 Å². The van der Waals surface area contributed by atoms with Gasteiger partial charge in [0, 0.05) is 66.6 Å². The summed E-state index contributed by atoms with van der Waals surface area (Å²) >= 11 is 2.21. The van der Waals surface area contributed by atoms with E-state index in [9.17, 15) is 0 Å². The van der Waals surface area contributed by atoms with Gasteiger partial charge in [0.2, 0.25) is 0 Å². The Hall–Kier alpha value is -6.43. The first-order chi connectivity index (χ1) is 41.3. The molecule has 5 heterocycles. The predicted molar refractivity (Wildman–Crippen MR) is 372 cm³/mol. The molecule has 18 rings (SSSR count). The molecule has 0 unspecified atom stereocenters. The molecule has 0 saturated heterocycles. The van der Waals surface area contributed by atoms with Crippen molar-refractivity contribution in [1.29, 1.82) is 0 Å². The molecule has 4 bridgehead atoms. The molecule has 0 atom stereocenters. The van der Waals surface area contributed by atoms with Crippen LogP contribution in [0.15, 0.2) is 133 Å². The van der Waals surface area contributed by atoms with Crippen molar-refractivity contribution in [3.05, 3.63) is 172 Å². The third kappa shape index (κ3) is 7.94. The van der Waals surface area contributed by atoms with Crippen molar-refractivity contribution in [2.45, 2.75) is 199 Å². The minimum Gasteiger partial charge on any atom is -0.458 e. The molecule has 0 amide bonds. The van der Waals surface area contributed by atoms with Crippen LogP contribution in [0, 0.1) is 17.8 Å². The molecule has 4 fully saturated rings. The van der Waals surface area contributed by atoms with Crippen molar-refractivity contribution in [2.75, 3.05) is 14.7 Å². The average Bonchev–Trinajstić information content (AvgIpc) is 1.66. The second-order valence-corrected chi connectivity index (χ2v) is 34.8. The number of benzene rings is 7. The molecule has 10 aliphatic rings.